The molecule has 0 unspecified atom stereocenters. The molecule has 4 rings (SSSR count). The molecule has 0 N–H and O–H groups in total. The summed E-state index contributed by atoms with van der Waals surface area (Å²) in [5.74, 6) is 1.41. The molecule has 0 saturated heterocycles. The Labute approximate surface area is 129 Å². The molecule has 3 nitrogen and oxygen atoms in total. The van der Waals surface area contributed by atoms with Crippen LogP contribution in [0.4, 0.5) is 0 Å². The fourth-order valence-electron chi connectivity index (χ4n) is 3.78. The lowest BCUT2D eigenvalue weighted by Gasteiger charge is -2.29. The number of alkyl halides is 1. The molecule has 1 saturated carbocycles. The number of benzene rings is 1. The zero-order chi connectivity index (χ0) is 14.4. The van der Waals surface area contributed by atoms with E-state index in [0.717, 1.165) is 16.9 Å². The average Bonchev–Trinajstić information content (AvgIpc) is 3.11. The van der Waals surface area contributed by atoms with Crippen molar-refractivity contribution < 1.29 is 0 Å². The first-order chi connectivity index (χ1) is 10.2. The molecule has 21 heavy (non-hydrogen) atoms. The minimum Gasteiger partial charge on any atom is -0.320 e. The van der Waals surface area contributed by atoms with Gasteiger partial charge in [0.15, 0.2) is 0 Å². The van der Waals surface area contributed by atoms with E-state index in [-0.39, 0.29) is 5.54 Å². The summed E-state index contributed by atoms with van der Waals surface area (Å²) in [7, 11) is 0. The number of rotatable bonds is 2. The summed E-state index contributed by atoms with van der Waals surface area (Å²) in [6, 6.07) is 8.29. The number of aromatic nitrogens is 3. The van der Waals surface area contributed by atoms with Crippen molar-refractivity contribution in [2.45, 2.75) is 44.0 Å². The molecule has 0 bridgehead atoms. The van der Waals surface area contributed by atoms with Crippen molar-refractivity contribution in [2.24, 2.45) is 0 Å². The maximum absolute atomic E-state index is 6.19. The summed E-state index contributed by atoms with van der Waals surface area (Å²) in [5, 5.41) is 1.17. The van der Waals surface area contributed by atoms with E-state index in [1.807, 2.05) is 12.3 Å². The lowest BCUT2D eigenvalue weighted by atomic mass is 9.99. The highest BCUT2D eigenvalue weighted by Gasteiger charge is 2.34. The van der Waals surface area contributed by atoms with E-state index in [0.29, 0.717) is 5.88 Å². The molecule has 108 valence electrons. The van der Waals surface area contributed by atoms with Crippen molar-refractivity contribution in [3.05, 3.63) is 36.3 Å². The second kappa shape index (κ2) is 4.70. The maximum Gasteiger partial charge on any atom is 0.125 e. The molecule has 1 aromatic carbocycles. The first-order valence-electron chi connectivity index (χ1n) is 7.54. The van der Waals surface area contributed by atoms with Gasteiger partial charge in [-0.15, -0.1) is 11.6 Å². The maximum atomic E-state index is 6.19. The molecule has 0 aliphatic heterocycles. The fraction of sp³-hybridized carbons (Fsp3) is 0.412. The largest absolute Gasteiger partial charge is 0.320 e. The van der Waals surface area contributed by atoms with Gasteiger partial charge in [-0.05, 0) is 25.8 Å². The van der Waals surface area contributed by atoms with Gasteiger partial charge in [0.1, 0.15) is 11.3 Å². The van der Waals surface area contributed by atoms with Crippen LogP contribution in [0.3, 0.4) is 0 Å². The van der Waals surface area contributed by atoms with Crippen LogP contribution in [0, 0.1) is 0 Å². The van der Waals surface area contributed by atoms with E-state index in [1.54, 1.807) is 0 Å². The molecular formula is C17H18ClN3. The van der Waals surface area contributed by atoms with Crippen LogP contribution in [0.5, 0.6) is 0 Å². The van der Waals surface area contributed by atoms with Crippen molar-refractivity contribution >= 4 is 33.5 Å². The van der Waals surface area contributed by atoms with Crippen molar-refractivity contribution in [2.75, 3.05) is 0 Å². The smallest absolute Gasteiger partial charge is 0.125 e. The summed E-state index contributed by atoms with van der Waals surface area (Å²) >= 11 is 6.19. The Morgan fingerprint density at radius 2 is 1.95 bits per heavy atom. The summed E-state index contributed by atoms with van der Waals surface area (Å²) in [6.07, 6.45) is 6.82. The lowest BCUT2D eigenvalue weighted by Crippen LogP contribution is -2.28. The first-order valence-corrected chi connectivity index (χ1v) is 8.08. The second-order valence-corrected chi connectivity index (χ2v) is 6.48. The SMILES string of the molecule is CC1(n2c(CCl)nc3cnc4ccccc4c32)CCCC1. The molecule has 0 spiro atoms. The summed E-state index contributed by atoms with van der Waals surface area (Å²) in [4.78, 5) is 9.27. The van der Waals surface area contributed by atoms with Gasteiger partial charge in [0.25, 0.3) is 0 Å². The Hall–Kier alpha value is -1.61. The highest BCUT2D eigenvalue weighted by molar-refractivity contribution is 6.17. The van der Waals surface area contributed by atoms with Gasteiger partial charge < -0.3 is 4.57 Å². The first kappa shape index (κ1) is 13.1. The normalized spacial score (nSPS) is 17.8. The Bertz CT molecular complexity index is 815. The highest BCUT2D eigenvalue weighted by atomic mass is 35.5. The molecule has 3 aromatic rings. The van der Waals surface area contributed by atoms with Gasteiger partial charge in [0, 0.05) is 10.9 Å². The number of nitrogens with zero attached hydrogens (tertiary/aromatic N) is 3. The van der Waals surface area contributed by atoms with Crippen LogP contribution in [0.15, 0.2) is 30.5 Å². The van der Waals surface area contributed by atoms with Crippen LogP contribution in [0.1, 0.15) is 38.4 Å². The summed E-state index contributed by atoms with van der Waals surface area (Å²) in [6.45, 7) is 2.34. The minimum atomic E-state index is 0.128. The Morgan fingerprint density at radius 3 is 2.71 bits per heavy atom. The van der Waals surface area contributed by atoms with E-state index in [4.69, 9.17) is 16.6 Å². The van der Waals surface area contributed by atoms with Crippen molar-refractivity contribution in [3.63, 3.8) is 0 Å². The van der Waals surface area contributed by atoms with Gasteiger partial charge >= 0.3 is 0 Å². The molecule has 0 amide bonds. The molecule has 1 fully saturated rings. The molecule has 2 heterocycles. The van der Waals surface area contributed by atoms with Gasteiger partial charge in [-0.3, -0.25) is 4.98 Å². The number of pyridine rings is 1. The standard InChI is InChI=1S/C17H18ClN3/c1-17(8-4-5-9-17)21-15(10-18)20-14-11-19-13-7-3-2-6-12(13)16(14)21/h2-3,6-7,11H,4-5,8-10H2,1H3. The lowest BCUT2D eigenvalue weighted by molar-refractivity contribution is 0.331. The predicted molar refractivity (Wildman–Crippen MR) is 86.7 cm³/mol. The van der Waals surface area contributed by atoms with Crippen molar-refractivity contribution in [1.29, 1.82) is 0 Å². The Morgan fingerprint density at radius 1 is 1.19 bits per heavy atom. The van der Waals surface area contributed by atoms with Crippen LogP contribution < -0.4 is 0 Å². The fourth-order valence-corrected chi connectivity index (χ4v) is 3.96. The van der Waals surface area contributed by atoms with Crippen LogP contribution >= 0.6 is 11.6 Å². The third-order valence-corrected chi connectivity index (χ3v) is 5.04. The van der Waals surface area contributed by atoms with E-state index in [2.05, 4.69) is 34.7 Å². The number of para-hydroxylation sites is 1. The van der Waals surface area contributed by atoms with Gasteiger partial charge in [0.05, 0.1) is 23.1 Å². The molecule has 0 radical (unpaired) electrons. The monoisotopic (exact) mass is 299 g/mol. The zero-order valence-electron chi connectivity index (χ0n) is 12.1. The second-order valence-electron chi connectivity index (χ2n) is 6.21. The van der Waals surface area contributed by atoms with Crippen LogP contribution in [-0.2, 0) is 11.4 Å². The van der Waals surface area contributed by atoms with Gasteiger partial charge in [-0.1, -0.05) is 31.0 Å². The highest BCUT2D eigenvalue weighted by Crippen LogP contribution is 2.40. The van der Waals surface area contributed by atoms with Gasteiger partial charge in [-0.2, -0.15) is 0 Å². The van der Waals surface area contributed by atoms with E-state index >= 15 is 0 Å². The average molecular weight is 300 g/mol. The summed E-state index contributed by atoms with van der Waals surface area (Å²) < 4.78 is 2.40. The number of hydrogen-bond acceptors (Lipinski definition) is 2. The van der Waals surface area contributed by atoms with E-state index in [1.165, 1.54) is 36.6 Å². The molecule has 2 aromatic heterocycles. The molecule has 1 aliphatic rings. The predicted octanol–water partition coefficient (Wildman–Crippen LogP) is 4.61. The third kappa shape index (κ3) is 1.87. The molecule has 1 aliphatic carbocycles. The van der Waals surface area contributed by atoms with Crippen LogP contribution in [0.25, 0.3) is 21.9 Å². The molecular weight excluding hydrogens is 282 g/mol. The van der Waals surface area contributed by atoms with Crippen molar-refractivity contribution in [3.8, 4) is 0 Å². The topological polar surface area (TPSA) is 30.7 Å². The van der Waals surface area contributed by atoms with Crippen LogP contribution in [0.2, 0.25) is 0 Å². The molecule has 0 atom stereocenters. The Balaban J connectivity index is 2.13. The van der Waals surface area contributed by atoms with E-state index < -0.39 is 0 Å². The number of halogens is 1. The molecule has 4 heteroatoms. The Kier molecular flexibility index (Phi) is 2.93. The number of hydrogen-bond donors (Lipinski definition) is 0. The number of fused-ring (bicyclic) bond motifs is 3. The van der Waals surface area contributed by atoms with E-state index in [9.17, 15) is 0 Å². The minimum absolute atomic E-state index is 0.128. The van der Waals surface area contributed by atoms with Crippen LogP contribution in [-0.4, -0.2) is 14.5 Å². The quantitative estimate of drug-likeness (QED) is 0.647. The van der Waals surface area contributed by atoms with Gasteiger partial charge in [-0.25, -0.2) is 4.98 Å². The summed E-state index contributed by atoms with van der Waals surface area (Å²) in [5.41, 5.74) is 3.30. The van der Waals surface area contributed by atoms with Gasteiger partial charge in [0.2, 0.25) is 0 Å². The zero-order valence-corrected chi connectivity index (χ0v) is 12.9. The number of imidazole rings is 1. The third-order valence-electron chi connectivity index (χ3n) is 4.80. The van der Waals surface area contributed by atoms with Crippen molar-refractivity contribution in [1.82, 2.24) is 14.5 Å².